The summed E-state index contributed by atoms with van der Waals surface area (Å²) in [6.07, 6.45) is 3.98. The molecule has 1 aromatic carbocycles. The lowest BCUT2D eigenvalue weighted by molar-refractivity contribution is 0.271. The number of benzene rings is 1. The second kappa shape index (κ2) is 4.53. The van der Waals surface area contributed by atoms with Crippen molar-refractivity contribution in [3.05, 3.63) is 47.9 Å². The molecular weight excluding hydrogens is 214 g/mol. The summed E-state index contributed by atoms with van der Waals surface area (Å²) in [6, 6.07) is 9.99. The quantitative estimate of drug-likeness (QED) is 0.877. The van der Waals surface area contributed by atoms with Crippen LogP contribution in [0, 0.1) is 0 Å². The third kappa shape index (κ3) is 2.13. The maximum absolute atomic E-state index is 5.79. The summed E-state index contributed by atoms with van der Waals surface area (Å²) >= 11 is 0. The fourth-order valence-electron chi connectivity index (χ4n) is 2.14. The van der Waals surface area contributed by atoms with E-state index in [9.17, 15) is 0 Å². The van der Waals surface area contributed by atoms with Gasteiger partial charge in [0, 0.05) is 6.54 Å². The SMILES string of the molecule is c1coc(COc2cccc3c2NCCC3)c1. The van der Waals surface area contributed by atoms with Gasteiger partial charge in [0.25, 0.3) is 0 Å². The topological polar surface area (TPSA) is 34.4 Å². The zero-order valence-corrected chi connectivity index (χ0v) is 9.61. The van der Waals surface area contributed by atoms with Crippen molar-refractivity contribution in [2.45, 2.75) is 19.4 Å². The molecule has 0 aliphatic carbocycles. The number of para-hydroxylation sites is 1. The summed E-state index contributed by atoms with van der Waals surface area (Å²) in [5.74, 6) is 1.76. The molecule has 88 valence electrons. The van der Waals surface area contributed by atoms with Gasteiger partial charge in [-0.25, -0.2) is 0 Å². The highest BCUT2D eigenvalue weighted by atomic mass is 16.5. The molecule has 0 saturated carbocycles. The van der Waals surface area contributed by atoms with E-state index in [2.05, 4.69) is 11.4 Å². The molecule has 2 aromatic rings. The van der Waals surface area contributed by atoms with Crippen molar-refractivity contribution in [2.75, 3.05) is 11.9 Å². The second-order valence-electron chi connectivity index (χ2n) is 4.19. The molecule has 0 radical (unpaired) electrons. The van der Waals surface area contributed by atoms with E-state index in [-0.39, 0.29) is 0 Å². The minimum atomic E-state index is 0.477. The second-order valence-corrected chi connectivity index (χ2v) is 4.19. The van der Waals surface area contributed by atoms with Gasteiger partial charge >= 0.3 is 0 Å². The highest BCUT2D eigenvalue weighted by Gasteiger charge is 2.13. The Morgan fingerprint density at radius 3 is 3.12 bits per heavy atom. The molecule has 1 aromatic heterocycles. The van der Waals surface area contributed by atoms with Crippen LogP contribution in [0.25, 0.3) is 0 Å². The van der Waals surface area contributed by atoms with Crippen LogP contribution in [0.5, 0.6) is 5.75 Å². The number of fused-ring (bicyclic) bond motifs is 1. The number of furan rings is 1. The molecule has 2 heterocycles. The fourth-order valence-corrected chi connectivity index (χ4v) is 2.14. The molecule has 3 nitrogen and oxygen atoms in total. The van der Waals surface area contributed by atoms with E-state index in [1.807, 2.05) is 24.3 Å². The molecule has 3 rings (SSSR count). The molecule has 1 aliphatic heterocycles. The number of rotatable bonds is 3. The van der Waals surface area contributed by atoms with Crippen molar-refractivity contribution in [3.8, 4) is 5.75 Å². The Morgan fingerprint density at radius 1 is 1.24 bits per heavy atom. The van der Waals surface area contributed by atoms with Crippen LogP contribution in [0.2, 0.25) is 0 Å². The van der Waals surface area contributed by atoms with E-state index in [0.29, 0.717) is 6.61 Å². The standard InChI is InChI=1S/C14H15NO2/c1-4-11-5-2-8-15-14(11)13(7-1)17-10-12-6-3-9-16-12/h1,3-4,6-7,9,15H,2,5,8,10H2. The maximum atomic E-state index is 5.79. The van der Waals surface area contributed by atoms with Gasteiger partial charge in [0.1, 0.15) is 18.1 Å². The van der Waals surface area contributed by atoms with Crippen LogP contribution in [0.15, 0.2) is 41.0 Å². The van der Waals surface area contributed by atoms with Crippen molar-refractivity contribution in [3.63, 3.8) is 0 Å². The van der Waals surface area contributed by atoms with E-state index < -0.39 is 0 Å². The molecule has 0 unspecified atom stereocenters. The summed E-state index contributed by atoms with van der Waals surface area (Å²) in [4.78, 5) is 0. The van der Waals surface area contributed by atoms with Crippen molar-refractivity contribution < 1.29 is 9.15 Å². The van der Waals surface area contributed by atoms with Crippen molar-refractivity contribution >= 4 is 5.69 Å². The Morgan fingerprint density at radius 2 is 2.24 bits per heavy atom. The van der Waals surface area contributed by atoms with E-state index in [1.165, 1.54) is 12.0 Å². The van der Waals surface area contributed by atoms with Gasteiger partial charge in [-0.05, 0) is 36.6 Å². The molecule has 0 saturated heterocycles. The molecule has 0 bridgehead atoms. The lowest BCUT2D eigenvalue weighted by Crippen LogP contribution is -2.13. The summed E-state index contributed by atoms with van der Waals surface area (Å²) in [6.45, 7) is 1.50. The first-order valence-corrected chi connectivity index (χ1v) is 5.94. The number of ether oxygens (including phenoxy) is 1. The largest absolute Gasteiger partial charge is 0.483 e. The highest BCUT2D eigenvalue weighted by molar-refractivity contribution is 5.63. The summed E-state index contributed by atoms with van der Waals surface area (Å²) in [5, 5.41) is 3.41. The molecule has 0 atom stereocenters. The van der Waals surface area contributed by atoms with Crippen LogP contribution < -0.4 is 10.1 Å². The maximum Gasteiger partial charge on any atom is 0.146 e. The zero-order chi connectivity index (χ0) is 11.5. The lowest BCUT2D eigenvalue weighted by Gasteiger charge is -2.20. The third-order valence-corrected chi connectivity index (χ3v) is 2.99. The predicted molar refractivity (Wildman–Crippen MR) is 66.3 cm³/mol. The molecule has 17 heavy (non-hydrogen) atoms. The van der Waals surface area contributed by atoms with Gasteiger partial charge in [-0.1, -0.05) is 12.1 Å². The molecular formula is C14H15NO2. The monoisotopic (exact) mass is 229 g/mol. The average Bonchev–Trinajstić information content (AvgIpc) is 2.89. The first-order valence-electron chi connectivity index (χ1n) is 5.94. The van der Waals surface area contributed by atoms with Crippen LogP contribution in [-0.4, -0.2) is 6.54 Å². The van der Waals surface area contributed by atoms with Gasteiger partial charge in [0.15, 0.2) is 0 Å². The van der Waals surface area contributed by atoms with Gasteiger partial charge in [0.2, 0.25) is 0 Å². The molecule has 0 fully saturated rings. The van der Waals surface area contributed by atoms with Gasteiger partial charge in [-0.2, -0.15) is 0 Å². The Hall–Kier alpha value is -1.90. The predicted octanol–water partition coefficient (Wildman–Crippen LogP) is 3.22. The van der Waals surface area contributed by atoms with E-state index in [0.717, 1.165) is 30.2 Å². The Labute approximate surface area is 100 Å². The van der Waals surface area contributed by atoms with Gasteiger partial charge in [-0.15, -0.1) is 0 Å². The zero-order valence-electron chi connectivity index (χ0n) is 9.61. The first kappa shape index (κ1) is 10.3. The average molecular weight is 229 g/mol. The normalized spacial score (nSPS) is 13.9. The molecule has 3 heteroatoms. The number of anilines is 1. The van der Waals surface area contributed by atoms with Crippen LogP contribution in [0.1, 0.15) is 17.7 Å². The third-order valence-electron chi connectivity index (χ3n) is 2.99. The molecule has 0 spiro atoms. The van der Waals surface area contributed by atoms with Crippen molar-refractivity contribution in [2.24, 2.45) is 0 Å². The molecule has 1 N–H and O–H groups in total. The van der Waals surface area contributed by atoms with Gasteiger partial charge in [0.05, 0.1) is 12.0 Å². The minimum Gasteiger partial charge on any atom is -0.483 e. The van der Waals surface area contributed by atoms with Crippen LogP contribution >= 0.6 is 0 Å². The fraction of sp³-hybridized carbons (Fsp3) is 0.286. The number of hydrogen-bond donors (Lipinski definition) is 1. The Bertz CT molecular complexity index is 491. The lowest BCUT2D eigenvalue weighted by atomic mass is 10.0. The minimum absolute atomic E-state index is 0.477. The van der Waals surface area contributed by atoms with Gasteiger partial charge < -0.3 is 14.5 Å². The number of hydrogen-bond acceptors (Lipinski definition) is 3. The van der Waals surface area contributed by atoms with Crippen molar-refractivity contribution in [1.29, 1.82) is 0 Å². The highest BCUT2D eigenvalue weighted by Crippen LogP contribution is 2.32. The van der Waals surface area contributed by atoms with E-state index >= 15 is 0 Å². The molecule has 0 amide bonds. The molecule has 1 aliphatic rings. The smallest absolute Gasteiger partial charge is 0.146 e. The van der Waals surface area contributed by atoms with Crippen molar-refractivity contribution in [1.82, 2.24) is 0 Å². The van der Waals surface area contributed by atoms with Crippen LogP contribution in [0.4, 0.5) is 5.69 Å². The van der Waals surface area contributed by atoms with E-state index in [1.54, 1.807) is 6.26 Å². The van der Waals surface area contributed by atoms with Crippen LogP contribution in [-0.2, 0) is 13.0 Å². The van der Waals surface area contributed by atoms with Crippen LogP contribution in [0.3, 0.4) is 0 Å². The number of nitrogens with one attached hydrogen (secondary N) is 1. The van der Waals surface area contributed by atoms with E-state index in [4.69, 9.17) is 9.15 Å². The summed E-state index contributed by atoms with van der Waals surface area (Å²) < 4.78 is 11.0. The van der Waals surface area contributed by atoms with Gasteiger partial charge in [-0.3, -0.25) is 0 Å². The summed E-state index contributed by atoms with van der Waals surface area (Å²) in [5.41, 5.74) is 2.48. The Kier molecular flexibility index (Phi) is 2.74. The number of aryl methyl sites for hydroxylation is 1. The Balaban J connectivity index is 1.78. The summed E-state index contributed by atoms with van der Waals surface area (Å²) in [7, 11) is 0. The first-order chi connectivity index (χ1) is 8.43.